The van der Waals surface area contributed by atoms with Crippen molar-refractivity contribution in [2.45, 2.75) is 79.4 Å². The quantitative estimate of drug-likeness (QED) is 0.195. The van der Waals surface area contributed by atoms with Gasteiger partial charge in [-0.15, -0.1) is 24.0 Å². The van der Waals surface area contributed by atoms with Gasteiger partial charge in [-0.3, -0.25) is 4.79 Å². The predicted molar refractivity (Wildman–Crippen MR) is 144 cm³/mol. The van der Waals surface area contributed by atoms with Crippen LogP contribution in [0.15, 0.2) is 29.3 Å². The molecule has 3 N–H and O–H groups in total. The highest BCUT2D eigenvalue weighted by atomic mass is 127. The van der Waals surface area contributed by atoms with Gasteiger partial charge in [0.1, 0.15) is 0 Å². The summed E-state index contributed by atoms with van der Waals surface area (Å²) in [5.74, 6) is 0.819. The summed E-state index contributed by atoms with van der Waals surface area (Å²) in [4.78, 5) is 19.4. The van der Waals surface area contributed by atoms with Gasteiger partial charge in [0.25, 0.3) is 5.91 Å². The molecule has 0 saturated carbocycles. The minimum absolute atomic E-state index is 0. The summed E-state index contributed by atoms with van der Waals surface area (Å²) in [6, 6.07) is 8.25. The average Bonchev–Trinajstić information content (AvgIpc) is 2.75. The molecule has 1 amide bonds. The molecule has 1 aromatic carbocycles. The first-order valence-electron chi connectivity index (χ1n) is 11.6. The third-order valence-electron chi connectivity index (χ3n) is 5.36. The molecule has 0 aliphatic carbocycles. The molecule has 0 fully saturated rings. The summed E-state index contributed by atoms with van der Waals surface area (Å²) >= 11 is 0. The standard InChI is InChI=1S/C24H43N5O.HI/c1-7-19(5)27-23(30)22-15-13-21(14-16-22)18-26-24(25-8-2)28-20(6)12-11-17-29(9-3)10-4;/h13-16,19-20H,7-12,17-18H2,1-6H3,(H,27,30)(H2,25,26,28);1H. The highest BCUT2D eigenvalue weighted by molar-refractivity contribution is 14.0. The normalized spacial score (nSPS) is 13.3. The summed E-state index contributed by atoms with van der Waals surface area (Å²) < 4.78 is 0. The number of halogens is 1. The lowest BCUT2D eigenvalue weighted by Crippen LogP contribution is -2.42. The van der Waals surface area contributed by atoms with E-state index in [-0.39, 0.29) is 35.9 Å². The summed E-state index contributed by atoms with van der Waals surface area (Å²) in [6.07, 6.45) is 3.21. The van der Waals surface area contributed by atoms with E-state index in [1.165, 1.54) is 6.42 Å². The van der Waals surface area contributed by atoms with Gasteiger partial charge in [0, 0.05) is 24.2 Å². The van der Waals surface area contributed by atoms with E-state index in [9.17, 15) is 4.79 Å². The second-order valence-electron chi connectivity index (χ2n) is 7.89. The zero-order valence-corrected chi connectivity index (χ0v) is 22.7. The van der Waals surface area contributed by atoms with Crippen LogP contribution in [0.25, 0.3) is 0 Å². The Labute approximate surface area is 207 Å². The number of rotatable bonds is 13. The van der Waals surface area contributed by atoms with Crippen molar-refractivity contribution in [3.05, 3.63) is 35.4 Å². The molecule has 0 aliphatic heterocycles. The Balaban J connectivity index is 0.00000900. The van der Waals surface area contributed by atoms with Crippen molar-refractivity contribution in [1.29, 1.82) is 0 Å². The van der Waals surface area contributed by atoms with E-state index in [2.05, 4.69) is 55.5 Å². The van der Waals surface area contributed by atoms with Crippen LogP contribution in [-0.4, -0.2) is 55.0 Å². The first-order valence-corrected chi connectivity index (χ1v) is 11.6. The molecule has 0 radical (unpaired) electrons. The zero-order valence-electron chi connectivity index (χ0n) is 20.3. The van der Waals surface area contributed by atoms with Gasteiger partial charge in [-0.2, -0.15) is 0 Å². The van der Waals surface area contributed by atoms with Gasteiger partial charge >= 0.3 is 0 Å². The lowest BCUT2D eigenvalue weighted by molar-refractivity contribution is 0.0939. The largest absolute Gasteiger partial charge is 0.357 e. The van der Waals surface area contributed by atoms with Crippen LogP contribution >= 0.6 is 24.0 Å². The van der Waals surface area contributed by atoms with Crippen LogP contribution in [0.4, 0.5) is 0 Å². The summed E-state index contributed by atoms with van der Waals surface area (Å²) in [7, 11) is 0. The lowest BCUT2D eigenvalue weighted by Gasteiger charge is -2.21. The molecule has 2 unspecified atom stereocenters. The van der Waals surface area contributed by atoms with Crippen molar-refractivity contribution in [3.63, 3.8) is 0 Å². The van der Waals surface area contributed by atoms with E-state index in [4.69, 9.17) is 4.99 Å². The van der Waals surface area contributed by atoms with Gasteiger partial charge in [-0.25, -0.2) is 4.99 Å². The molecule has 31 heavy (non-hydrogen) atoms. The van der Waals surface area contributed by atoms with Crippen molar-refractivity contribution < 1.29 is 4.79 Å². The van der Waals surface area contributed by atoms with E-state index in [0.29, 0.717) is 18.2 Å². The van der Waals surface area contributed by atoms with Crippen LogP contribution in [0, 0.1) is 0 Å². The van der Waals surface area contributed by atoms with Crippen molar-refractivity contribution in [3.8, 4) is 0 Å². The number of nitrogens with zero attached hydrogens (tertiary/aromatic N) is 2. The monoisotopic (exact) mass is 545 g/mol. The molecule has 0 aliphatic rings. The lowest BCUT2D eigenvalue weighted by atomic mass is 10.1. The number of guanidine groups is 1. The average molecular weight is 546 g/mol. The summed E-state index contributed by atoms with van der Waals surface area (Å²) in [5.41, 5.74) is 1.77. The maximum Gasteiger partial charge on any atom is 0.251 e. The number of carbonyl (C=O) groups is 1. The molecule has 0 spiro atoms. The number of hydrogen-bond acceptors (Lipinski definition) is 3. The van der Waals surface area contributed by atoms with Gasteiger partial charge in [0.05, 0.1) is 6.54 Å². The van der Waals surface area contributed by atoms with Crippen molar-refractivity contribution in [2.24, 2.45) is 4.99 Å². The zero-order chi connectivity index (χ0) is 22.4. The minimum atomic E-state index is -0.0204. The Hall–Kier alpha value is -1.35. The van der Waals surface area contributed by atoms with Crippen molar-refractivity contribution in [2.75, 3.05) is 26.2 Å². The smallest absolute Gasteiger partial charge is 0.251 e. The Morgan fingerprint density at radius 3 is 2.19 bits per heavy atom. The molecule has 0 bridgehead atoms. The molecule has 7 heteroatoms. The van der Waals surface area contributed by atoms with Crippen molar-refractivity contribution >= 4 is 35.8 Å². The van der Waals surface area contributed by atoms with Gasteiger partial charge < -0.3 is 20.9 Å². The summed E-state index contributed by atoms with van der Waals surface area (Å²) in [6.45, 7) is 17.6. The van der Waals surface area contributed by atoms with E-state index < -0.39 is 0 Å². The third kappa shape index (κ3) is 12.3. The minimum Gasteiger partial charge on any atom is -0.357 e. The fourth-order valence-electron chi connectivity index (χ4n) is 3.13. The van der Waals surface area contributed by atoms with E-state index >= 15 is 0 Å². The van der Waals surface area contributed by atoms with Crippen LogP contribution in [0.3, 0.4) is 0 Å². The topological polar surface area (TPSA) is 68.8 Å². The summed E-state index contributed by atoms with van der Waals surface area (Å²) in [5, 5.41) is 9.83. The predicted octanol–water partition coefficient (Wildman–Crippen LogP) is 4.40. The van der Waals surface area contributed by atoms with Crippen LogP contribution in [-0.2, 0) is 6.54 Å². The molecular weight excluding hydrogens is 501 g/mol. The van der Waals surface area contributed by atoms with Crippen LogP contribution in [0.2, 0.25) is 0 Å². The SMILES string of the molecule is CCNC(=NCc1ccc(C(=O)NC(C)CC)cc1)NC(C)CCCN(CC)CC.I. The number of carbonyl (C=O) groups excluding carboxylic acids is 1. The van der Waals surface area contributed by atoms with Crippen LogP contribution in [0.5, 0.6) is 0 Å². The number of benzene rings is 1. The van der Waals surface area contributed by atoms with Gasteiger partial charge in [-0.05, 0) is 77.4 Å². The molecule has 1 aromatic rings. The maximum atomic E-state index is 12.2. The second kappa shape index (κ2) is 17.2. The number of aliphatic imine (C=N–C) groups is 1. The Bertz CT molecular complexity index is 631. The second-order valence-corrected chi connectivity index (χ2v) is 7.89. The first-order chi connectivity index (χ1) is 14.4. The highest BCUT2D eigenvalue weighted by Crippen LogP contribution is 2.07. The number of amides is 1. The maximum absolute atomic E-state index is 12.2. The van der Waals surface area contributed by atoms with Gasteiger partial charge in [-0.1, -0.05) is 32.9 Å². The molecular formula is C24H44IN5O. The molecule has 0 heterocycles. The number of nitrogens with one attached hydrogen (secondary N) is 3. The van der Waals surface area contributed by atoms with Crippen LogP contribution in [0.1, 0.15) is 76.7 Å². The molecule has 2 atom stereocenters. The Morgan fingerprint density at radius 2 is 1.65 bits per heavy atom. The molecule has 178 valence electrons. The first kappa shape index (κ1) is 29.7. The number of hydrogen-bond donors (Lipinski definition) is 3. The van der Waals surface area contributed by atoms with Gasteiger partial charge in [0.15, 0.2) is 5.96 Å². The Morgan fingerprint density at radius 1 is 1.00 bits per heavy atom. The molecule has 6 nitrogen and oxygen atoms in total. The fraction of sp³-hybridized carbons (Fsp3) is 0.667. The molecule has 1 rings (SSSR count). The van der Waals surface area contributed by atoms with E-state index in [0.717, 1.165) is 50.5 Å². The third-order valence-corrected chi connectivity index (χ3v) is 5.36. The fourth-order valence-corrected chi connectivity index (χ4v) is 3.13. The Kier molecular flexibility index (Phi) is 16.5. The van der Waals surface area contributed by atoms with E-state index in [1.807, 2.05) is 31.2 Å². The van der Waals surface area contributed by atoms with Crippen LogP contribution < -0.4 is 16.0 Å². The molecule has 0 aromatic heterocycles. The highest BCUT2D eigenvalue weighted by Gasteiger charge is 2.09. The van der Waals surface area contributed by atoms with E-state index in [1.54, 1.807) is 0 Å². The molecule has 0 saturated heterocycles. The van der Waals surface area contributed by atoms with Crippen molar-refractivity contribution in [1.82, 2.24) is 20.9 Å². The van der Waals surface area contributed by atoms with Gasteiger partial charge in [0.2, 0.25) is 0 Å².